The molecule has 188 valence electrons. The van der Waals surface area contributed by atoms with Crippen LogP contribution in [0.15, 0.2) is 59.9 Å². The molecule has 0 spiro atoms. The van der Waals surface area contributed by atoms with Crippen molar-refractivity contribution in [3.8, 4) is 0 Å². The molecule has 1 N–H and O–H groups in total. The van der Waals surface area contributed by atoms with E-state index < -0.39 is 5.41 Å². The fourth-order valence-electron chi connectivity index (χ4n) is 5.22. The lowest BCUT2D eigenvalue weighted by molar-refractivity contribution is -0.115. The second-order valence-corrected chi connectivity index (χ2v) is 11.4. The minimum absolute atomic E-state index is 0.000683. The van der Waals surface area contributed by atoms with Crippen molar-refractivity contribution in [1.29, 1.82) is 0 Å². The van der Waals surface area contributed by atoms with Crippen LogP contribution in [0.25, 0.3) is 5.65 Å². The van der Waals surface area contributed by atoms with Gasteiger partial charge in [-0.15, -0.1) is 11.8 Å². The molecular weight excluding hydrogens is 482 g/mol. The van der Waals surface area contributed by atoms with Crippen molar-refractivity contribution in [3.05, 3.63) is 83.2 Å². The van der Waals surface area contributed by atoms with Crippen molar-refractivity contribution in [3.63, 3.8) is 0 Å². The van der Waals surface area contributed by atoms with Crippen molar-refractivity contribution in [2.24, 2.45) is 0 Å². The summed E-state index contributed by atoms with van der Waals surface area (Å²) in [6.45, 7) is 4.08. The van der Waals surface area contributed by atoms with Gasteiger partial charge in [-0.3, -0.25) is 14.6 Å². The first kappa shape index (κ1) is 23.9. The van der Waals surface area contributed by atoms with Gasteiger partial charge in [0, 0.05) is 40.7 Å². The van der Waals surface area contributed by atoms with E-state index in [4.69, 9.17) is 0 Å². The van der Waals surface area contributed by atoms with Gasteiger partial charge in [0.2, 0.25) is 5.91 Å². The molecule has 1 unspecified atom stereocenters. The van der Waals surface area contributed by atoms with E-state index in [0.29, 0.717) is 30.1 Å². The molecule has 0 saturated heterocycles. The summed E-state index contributed by atoms with van der Waals surface area (Å²) in [4.78, 5) is 41.6. The quantitative estimate of drug-likeness (QED) is 0.335. The SMILES string of the molecule is CCSc1ccc(CC(=O)Nc2ccc3c(n2)CCC(C)(c2nccn4c(C5CC5)cnc24)C3=O)cc1. The third kappa shape index (κ3) is 4.44. The first-order valence-electron chi connectivity index (χ1n) is 12.8. The van der Waals surface area contributed by atoms with E-state index in [1.165, 1.54) is 23.4 Å². The predicted molar refractivity (Wildman–Crippen MR) is 144 cm³/mol. The van der Waals surface area contributed by atoms with Gasteiger partial charge < -0.3 is 9.72 Å². The summed E-state index contributed by atoms with van der Waals surface area (Å²) < 4.78 is 2.10. The number of carbonyl (C=O) groups is 2. The fraction of sp³-hybridized carbons (Fsp3) is 0.345. The van der Waals surface area contributed by atoms with Crippen LogP contribution >= 0.6 is 11.8 Å². The maximum atomic E-state index is 13.8. The van der Waals surface area contributed by atoms with Crippen molar-refractivity contribution in [2.45, 2.75) is 62.2 Å². The monoisotopic (exact) mass is 511 g/mol. The highest BCUT2D eigenvalue weighted by molar-refractivity contribution is 7.99. The van der Waals surface area contributed by atoms with Crippen LogP contribution in [0.3, 0.4) is 0 Å². The first-order valence-corrected chi connectivity index (χ1v) is 13.8. The highest BCUT2D eigenvalue weighted by Crippen LogP contribution is 2.42. The molecule has 2 aliphatic rings. The summed E-state index contributed by atoms with van der Waals surface area (Å²) in [5.41, 5.74) is 4.16. The lowest BCUT2D eigenvalue weighted by atomic mass is 9.71. The van der Waals surface area contributed by atoms with E-state index in [1.807, 2.05) is 43.6 Å². The molecule has 1 saturated carbocycles. The summed E-state index contributed by atoms with van der Waals surface area (Å²) in [6, 6.07) is 11.6. The maximum Gasteiger partial charge on any atom is 0.229 e. The van der Waals surface area contributed by atoms with Crippen LogP contribution in [0.5, 0.6) is 0 Å². The first-order chi connectivity index (χ1) is 18.0. The van der Waals surface area contributed by atoms with E-state index >= 15 is 0 Å². The van der Waals surface area contributed by atoms with Crippen LogP contribution in [0.1, 0.15) is 72.0 Å². The second kappa shape index (κ2) is 9.41. The number of Topliss-reactive ketones (excluding diaryl/α,β-unsaturated/α-hetero) is 1. The number of benzene rings is 1. The molecule has 0 radical (unpaired) electrons. The Morgan fingerprint density at radius 1 is 1.16 bits per heavy atom. The number of nitrogens with one attached hydrogen (secondary N) is 1. The minimum atomic E-state index is -0.781. The molecule has 0 aliphatic heterocycles. The largest absolute Gasteiger partial charge is 0.310 e. The third-order valence-electron chi connectivity index (χ3n) is 7.42. The number of imidazole rings is 1. The number of pyridine rings is 1. The number of hydrogen-bond acceptors (Lipinski definition) is 6. The molecule has 0 bridgehead atoms. The average molecular weight is 512 g/mol. The molecule has 6 rings (SSSR count). The van der Waals surface area contributed by atoms with Crippen LogP contribution in [-0.4, -0.2) is 36.8 Å². The topological polar surface area (TPSA) is 89.2 Å². The average Bonchev–Trinajstić information content (AvgIpc) is 3.65. The number of ketones is 1. The van der Waals surface area contributed by atoms with Crippen molar-refractivity contribution >= 4 is 34.9 Å². The van der Waals surface area contributed by atoms with Gasteiger partial charge in [-0.1, -0.05) is 19.1 Å². The lowest BCUT2D eigenvalue weighted by Crippen LogP contribution is -2.39. The highest BCUT2D eigenvalue weighted by Gasteiger charge is 2.43. The summed E-state index contributed by atoms with van der Waals surface area (Å²) in [5, 5.41) is 2.90. The van der Waals surface area contributed by atoms with E-state index in [-0.39, 0.29) is 18.1 Å². The summed E-state index contributed by atoms with van der Waals surface area (Å²) in [7, 11) is 0. The Balaban J connectivity index is 1.20. The Kier molecular flexibility index (Phi) is 6.07. The molecule has 3 aromatic heterocycles. The predicted octanol–water partition coefficient (Wildman–Crippen LogP) is 5.38. The summed E-state index contributed by atoms with van der Waals surface area (Å²) >= 11 is 1.78. The van der Waals surface area contributed by atoms with E-state index in [1.54, 1.807) is 30.1 Å². The van der Waals surface area contributed by atoms with Gasteiger partial charge >= 0.3 is 0 Å². The maximum absolute atomic E-state index is 13.8. The van der Waals surface area contributed by atoms with Crippen molar-refractivity contribution in [1.82, 2.24) is 19.4 Å². The molecule has 37 heavy (non-hydrogen) atoms. The number of carbonyl (C=O) groups excluding carboxylic acids is 2. The summed E-state index contributed by atoms with van der Waals surface area (Å²) in [6.07, 6.45) is 9.50. The molecule has 4 aromatic rings. The van der Waals surface area contributed by atoms with Crippen molar-refractivity contribution < 1.29 is 9.59 Å². The van der Waals surface area contributed by atoms with E-state index in [9.17, 15) is 9.59 Å². The number of hydrogen-bond donors (Lipinski definition) is 1. The highest BCUT2D eigenvalue weighted by atomic mass is 32.2. The van der Waals surface area contributed by atoms with Gasteiger partial charge in [0.25, 0.3) is 0 Å². The van der Waals surface area contributed by atoms with Gasteiger partial charge in [-0.25, -0.2) is 9.97 Å². The lowest BCUT2D eigenvalue weighted by Gasteiger charge is -2.32. The zero-order valence-electron chi connectivity index (χ0n) is 21.0. The van der Waals surface area contributed by atoms with Crippen LogP contribution in [0.2, 0.25) is 0 Å². The van der Waals surface area contributed by atoms with E-state index in [0.717, 1.165) is 28.4 Å². The number of anilines is 1. The van der Waals surface area contributed by atoms with Gasteiger partial charge in [0.05, 0.1) is 23.2 Å². The second-order valence-electron chi connectivity index (χ2n) is 10.1. The Morgan fingerprint density at radius 3 is 2.73 bits per heavy atom. The molecule has 1 atom stereocenters. The number of thioether (sulfide) groups is 1. The molecule has 1 aromatic carbocycles. The standard InChI is InChI=1S/C29H29N5O2S/c1-3-37-20-8-4-18(5-9-20)16-25(35)33-24-11-10-21-22(32-24)12-13-29(2,27(21)36)26-28-31-17-23(19-6-7-19)34(28)15-14-30-26/h4-5,8-11,14-15,17,19H,3,6-7,12-13,16H2,1-2H3,(H,32,33,35). The zero-order chi connectivity index (χ0) is 25.6. The molecule has 3 heterocycles. The number of rotatable bonds is 7. The van der Waals surface area contributed by atoms with Crippen molar-refractivity contribution in [2.75, 3.05) is 11.1 Å². The van der Waals surface area contributed by atoms with Crippen LogP contribution < -0.4 is 5.32 Å². The Hall–Kier alpha value is -3.52. The van der Waals surface area contributed by atoms with E-state index in [2.05, 4.69) is 31.6 Å². The molecule has 2 aliphatic carbocycles. The summed E-state index contributed by atoms with van der Waals surface area (Å²) in [5.74, 6) is 1.92. The Morgan fingerprint density at radius 2 is 1.97 bits per heavy atom. The molecule has 8 heteroatoms. The number of aromatic nitrogens is 4. The number of fused-ring (bicyclic) bond motifs is 2. The Bertz CT molecular complexity index is 1510. The number of aryl methyl sites for hydroxylation is 1. The molecular formula is C29H29N5O2S. The third-order valence-corrected chi connectivity index (χ3v) is 8.32. The number of nitrogens with zero attached hydrogens (tertiary/aromatic N) is 4. The Labute approximate surface area is 220 Å². The smallest absolute Gasteiger partial charge is 0.229 e. The van der Waals surface area contributed by atoms with Gasteiger partial charge in [0.15, 0.2) is 11.4 Å². The van der Waals surface area contributed by atoms with Gasteiger partial charge in [-0.2, -0.15) is 0 Å². The van der Waals surface area contributed by atoms with Gasteiger partial charge in [-0.05, 0) is 68.2 Å². The molecule has 1 amide bonds. The zero-order valence-corrected chi connectivity index (χ0v) is 21.8. The normalized spacial score (nSPS) is 19.1. The molecule has 1 fully saturated rings. The minimum Gasteiger partial charge on any atom is -0.310 e. The van der Waals surface area contributed by atoms with Crippen LogP contribution in [0.4, 0.5) is 5.82 Å². The molecule has 7 nitrogen and oxygen atoms in total. The number of amides is 1. The van der Waals surface area contributed by atoms with Crippen LogP contribution in [0, 0.1) is 0 Å². The van der Waals surface area contributed by atoms with Crippen LogP contribution in [-0.2, 0) is 23.1 Å². The fourth-order valence-corrected chi connectivity index (χ4v) is 5.89. The van der Waals surface area contributed by atoms with Gasteiger partial charge in [0.1, 0.15) is 5.82 Å².